The van der Waals surface area contributed by atoms with Crippen LogP contribution in [-0.4, -0.2) is 29.7 Å². The van der Waals surface area contributed by atoms with Crippen molar-refractivity contribution in [2.24, 2.45) is 40.4 Å². The van der Waals surface area contributed by atoms with Crippen LogP contribution in [0.1, 0.15) is 98.3 Å². The molecule has 5 aliphatic rings. The maximum absolute atomic E-state index is 11.7. The van der Waals surface area contributed by atoms with Crippen molar-refractivity contribution in [2.45, 2.75) is 110 Å². The second-order valence-corrected chi connectivity index (χ2v) is 12.1. The summed E-state index contributed by atoms with van der Waals surface area (Å²) in [6.07, 6.45) is 13.3. The van der Waals surface area contributed by atoms with E-state index in [-0.39, 0.29) is 11.2 Å². The summed E-state index contributed by atoms with van der Waals surface area (Å²) in [5, 5.41) is 11.7. The molecular weight excluding hydrogens is 360 g/mol. The minimum atomic E-state index is -0.411. The molecule has 0 aromatic carbocycles. The van der Waals surface area contributed by atoms with Gasteiger partial charge in [-0.25, -0.2) is 0 Å². The van der Waals surface area contributed by atoms with E-state index in [1.54, 1.807) is 0 Å². The largest absolute Gasteiger partial charge is 0.389 e. The van der Waals surface area contributed by atoms with Gasteiger partial charge in [-0.1, -0.05) is 40.5 Å². The standard InChI is InChI=1S/C26H44O3/c1-5-6-11-25(27)13-10-22-20-8-7-19-17-26(28-14-15-29-26)18(2)16-23(19,3)21(20)9-12-24(22,25)4/h18-22,27H,5-17H2,1-4H3/t18-,19+,20?,21?,22?,23+,24+,25+/m1/s1. The maximum atomic E-state index is 11.7. The van der Waals surface area contributed by atoms with E-state index >= 15 is 0 Å². The molecule has 0 amide bonds. The molecule has 1 saturated heterocycles. The molecule has 4 saturated carbocycles. The van der Waals surface area contributed by atoms with Crippen molar-refractivity contribution in [3.05, 3.63) is 0 Å². The number of unbranched alkanes of at least 4 members (excludes halogenated alkanes) is 1. The first-order valence-electron chi connectivity index (χ1n) is 12.8. The van der Waals surface area contributed by atoms with Crippen LogP contribution in [0, 0.1) is 40.4 Å². The molecule has 8 atom stereocenters. The zero-order valence-corrected chi connectivity index (χ0v) is 19.3. The number of hydrogen-bond donors (Lipinski definition) is 1. The summed E-state index contributed by atoms with van der Waals surface area (Å²) in [6, 6.07) is 0. The maximum Gasteiger partial charge on any atom is 0.171 e. The van der Waals surface area contributed by atoms with Crippen LogP contribution < -0.4 is 0 Å². The van der Waals surface area contributed by atoms with E-state index in [0.29, 0.717) is 11.3 Å². The smallest absolute Gasteiger partial charge is 0.171 e. The Hall–Kier alpha value is -0.120. The molecular formula is C26H44O3. The minimum absolute atomic E-state index is 0.145. The number of ether oxygens (including phenoxy) is 2. The molecule has 166 valence electrons. The van der Waals surface area contributed by atoms with Crippen molar-refractivity contribution < 1.29 is 14.6 Å². The zero-order chi connectivity index (χ0) is 20.5. The van der Waals surface area contributed by atoms with Crippen molar-refractivity contribution in [1.82, 2.24) is 0 Å². The topological polar surface area (TPSA) is 38.7 Å². The Labute approximate surface area is 178 Å². The van der Waals surface area contributed by atoms with Gasteiger partial charge in [-0.2, -0.15) is 0 Å². The SMILES string of the molecule is CCCC[C@]1(O)CCC2C3CC[C@H]4CC5(OCCO5)[C@H](C)C[C@]4(C)C3CC[C@@]21C. The highest BCUT2D eigenvalue weighted by Crippen LogP contribution is 2.70. The van der Waals surface area contributed by atoms with E-state index in [0.717, 1.165) is 56.1 Å². The van der Waals surface area contributed by atoms with Gasteiger partial charge in [0.05, 0.1) is 18.8 Å². The van der Waals surface area contributed by atoms with Crippen LogP contribution in [0.25, 0.3) is 0 Å². The van der Waals surface area contributed by atoms with Gasteiger partial charge >= 0.3 is 0 Å². The number of aliphatic hydroxyl groups is 1. The number of fused-ring (bicyclic) bond motifs is 5. The van der Waals surface area contributed by atoms with Gasteiger partial charge in [-0.15, -0.1) is 0 Å². The van der Waals surface area contributed by atoms with E-state index in [2.05, 4.69) is 27.7 Å². The third-order valence-electron chi connectivity index (χ3n) is 11.1. The fourth-order valence-corrected chi connectivity index (χ4v) is 9.41. The third kappa shape index (κ3) is 2.79. The molecule has 0 aromatic rings. The second-order valence-electron chi connectivity index (χ2n) is 12.1. The van der Waals surface area contributed by atoms with Crippen LogP contribution >= 0.6 is 0 Å². The van der Waals surface area contributed by atoms with E-state index in [1.807, 2.05) is 0 Å². The highest BCUT2D eigenvalue weighted by atomic mass is 16.7. The first kappa shape index (κ1) is 20.8. The van der Waals surface area contributed by atoms with Crippen LogP contribution in [0.2, 0.25) is 0 Å². The highest BCUT2D eigenvalue weighted by molar-refractivity contribution is 5.14. The van der Waals surface area contributed by atoms with Crippen molar-refractivity contribution in [1.29, 1.82) is 0 Å². The van der Waals surface area contributed by atoms with Gasteiger partial charge in [0.25, 0.3) is 0 Å². The normalized spacial score (nSPS) is 53.5. The fraction of sp³-hybridized carbons (Fsp3) is 1.00. The van der Waals surface area contributed by atoms with Crippen LogP contribution in [0.3, 0.4) is 0 Å². The lowest BCUT2D eigenvalue weighted by atomic mass is 9.43. The van der Waals surface area contributed by atoms with Crippen LogP contribution in [0.5, 0.6) is 0 Å². The second kappa shape index (κ2) is 6.94. The van der Waals surface area contributed by atoms with Crippen molar-refractivity contribution in [3.63, 3.8) is 0 Å². The number of hydrogen-bond acceptors (Lipinski definition) is 3. The van der Waals surface area contributed by atoms with Gasteiger partial charge in [-0.05, 0) is 85.9 Å². The molecule has 4 aliphatic carbocycles. The van der Waals surface area contributed by atoms with Crippen LogP contribution in [-0.2, 0) is 9.47 Å². The van der Waals surface area contributed by atoms with Gasteiger partial charge in [-0.3, -0.25) is 0 Å². The predicted molar refractivity (Wildman–Crippen MR) is 115 cm³/mol. The quantitative estimate of drug-likeness (QED) is 0.633. The van der Waals surface area contributed by atoms with Crippen LogP contribution in [0.15, 0.2) is 0 Å². The lowest BCUT2D eigenvalue weighted by Gasteiger charge is -2.63. The van der Waals surface area contributed by atoms with E-state index < -0.39 is 5.60 Å². The van der Waals surface area contributed by atoms with E-state index in [4.69, 9.17) is 9.47 Å². The summed E-state index contributed by atoms with van der Waals surface area (Å²) >= 11 is 0. The lowest BCUT2D eigenvalue weighted by molar-refractivity contribution is -0.259. The van der Waals surface area contributed by atoms with Crippen LogP contribution in [0.4, 0.5) is 0 Å². The van der Waals surface area contributed by atoms with Gasteiger partial charge in [0, 0.05) is 12.3 Å². The van der Waals surface area contributed by atoms with Gasteiger partial charge in [0.15, 0.2) is 5.79 Å². The summed E-state index contributed by atoms with van der Waals surface area (Å²) in [7, 11) is 0. The molecule has 5 rings (SSSR count). The molecule has 5 fully saturated rings. The van der Waals surface area contributed by atoms with Gasteiger partial charge in [0.2, 0.25) is 0 Å². The molecule has 3 heteroatoms. The average Bonchev–Trinajstić information content (AvgIpc) is 3.26. The molecule has 3 unspecified atom stereocenters. The average molecular weight is 405 g/mol. The third-order valence-corrected chi connectivity index (χ3v) is 11.1. The Morgan fingerprint density at radius 2 is 1.66 bits per heavy atom. The summed E-state index contributed by atoms with van der Waals surface area (Å²) in [6.45, 7) is 11.3. The molecule has 0 bridgehead atoms. The van der Waals surface area contributed by atoms with Crippen molar-refractivity contribution in [3.8, 4) is 0 Å². The zero-order valence-electron chi connectivity index (χ0n) is 19.3. The molecule has 1 aliphatic heterocycles. The molecule has 0 aromatic heterocycles. The molecule has 29 heavy (non-hydrogen) atoms. The van der Waals surface area contributed by atoms with Gasteiger partial charge < -0.3 is 14.6 Å². The highest BCUT2D eigenvalue weighted by Gasteiger charge is 2.66. The molecule has 3 nitrogen and oxygen atoms in total. The van der Waals surface area contributed by atoms with E-state index in [9.17, 15) is 5.11 Å². The Kier molecular flexibility index (Phi) is 4.97. The molecule has 1 N–H and O–H groups in total. The first-order chi connectivity index (χ1) is 13.8. The Morgan fingerprint density at radius 3 is 2.38 bits per heavy atom. The van der Waals surface area contributed by atoms with E-state index in [1.165, 1.54) is 51.4 Å². The summed E-state index contributed by atoms with van der Waals surface area (Å²) < 4.78 is 12.4. The summed E-state index contributed by atoms with van der Waals surface area (Å²) in [4.78, 5) is 0. The number of rotatable bonds is 3. The molecule has 0 radical (unpaired) electrons. The fourth-order valence-electron chi connectivity index (χ4n) is 9.41. The minimum Gasteiger partial charge on any atom is -0.389 e. The van der Waals surface area contributed by atoms with Gasteiger partial charge in [0.1, 0.15) is 0 Å². The monoisotopic (exact) mass is 404 g/mol. The van der Waals surface area contributed by atoms with Crippen molar-refractivity contribution >= 4 is 0 Å². The molecule has 1 spiro atoms. The van der Waals surface area contributed by atoms with Crippen molar-refractivity contribution in [2.75, 3.05) is 13.2 Å². The first-order valence-corrected chi connectivity index (χ1v) is 12.8. The Bertz CT molecular complexity index is 627. The Balaban J connectivity index is 1.39. The summed E-state index contributed by atoms with van der Waals surface area (Å²) in [5.41, 5.74) is 0.159. The predicted octanol–water partition coefficient (Wildman–Crippen LogP) is 5.94. The Morgan fingerprint density at radius 1 is 0.931 bits per heavy atom. The summed E-state index contributed by atoms with van der Waals surface area (Å²) in [5.74, 6) is 3.32. The molecule has 1 heterocycles. The lowest BCUT2D eigenvalue weighted by Crippen LogP contribution is -2.59.